The van der Waals surface area contributed by atoms with Crippen molar-refractivity contribution in [3.05, 3.63) is 47.0 Å². The molecule has 1 amide bonds. The summed E-state index contributed by atoms with van der Waals surface area (Å²) < 4.78 is 15.1. The van der Waals surface area contributed by atoms with Gasteiger partial charge < -0.3 is 4.90 Å². The Labute approximate surface area is 160 Å². The zero-order valence-corrected chi connectivity index (χ0v) is 16.1. The Morgan fingerprint density at radius 2 is 1.96 bits per heavy atom. The summed E-state index contributed by atoms with van der Waals surface area (Å²) >= 11 is 0. The van der Waals surface area contributed by atoms with Gasteiger partial charge in [-0.3, -0.25) is 4.79 Å². The van der Waals surface area contributed by atoms with Gasteiger partial charge in [0.2, 0.25) is 0 Å². The third kappa shape index (κ3) is 3.64. The smallest absolute Gasteiger partial charge is 0.274 e. The normalized spacial score (nSPS) is 19.8. The molecule has 1 atom stereocenters. The van der Waals surface area contributed by atoms with Gasteiger partial charge in [0.1, 0.15) is 5.82 Å². The molecule has 4 rings (SSSR count). The number of hydrogen-bond donors (Lipinski definition) is 0. The first-order chi connectivity index (χ1) is 13.2. The highest BCUT2D eigenvalue weighted by Gasteiger charge is 2.30. The van der Waals surface area contributed by atoms with Gasteiger partial charge in [-0.25, -0.2) is 9.07 Å². The van der Waals surface area contributed by atoms with Crippen LogP contribution in [0.2, 0.25) is 0 Å². The Kier molecular flexibility index (Phi) is 5.28. The number of amides is 1. The van der Waals surface area contributed by atoms with E-state index in [2.05, 4.69) is 6.92 Å². The van der Waals surface area contributed by atoms with Crippen LogP contribution in [0, 0.1) is 11.7 Å². The summed E-state index contributed by atoms with van der Waals surface area (Å²) in [6, 6.07) is 6.36. The van der Waals surface area contributed by atoms with Crippen molar-refractivity contribution in [2.75, 3.05) is 13.1 Å². The predicted molar refractivity (Wildman–Crippen MR) is 104 cm³/mol. The lowest BCUT2D eigenvalue weighted by Gasteiger charge is -2.20. The Morgan fingerprint density at radius 3 is 2.74 bits per heavy atom. The molecule has 2 aromatic rings. The first-order valence-electron chi connectivity index (χ1n) is 10.3. The van der Waals surface area contributed by atoms with Crippen LogP contribution in [-0.2, 0) is 12.8 Å². The highest BCUT2D eigenvalue weighted by molar-refractivity contribution is 5.94. The lowest BCUT2D eigenvalue weighted by Crippen LogP contribution is -2.33. The van der Waals surface area contributed by atoms with Crippen molar-refractivity contribution in [3.8, 4) is 5.69 Å². The minimum Gasteiger partial charge on any atom is -0.337 e. The number of benzene rings is 1. The van der Waals surface area contributed by atoms with Gasteiger partial charge in [0.25, 0.3) is 5.91 Å². The number of rotatable bonds is 4. The molecule has 144 valence electrons. The van der Waals surface area contributed by atoms with E-state index in [-0.39, 0.29) is 11.7 Å². The second-order valence-electron chi connectivity index (χ2n) is 7.89. The Morgan fingerprint density at radius 1 is 1.15 bits per heavy atom. The largest absolute Gasteiger partial charge is 0.337 e. The molecule has 1 fully saturated rings. The maximum Gasteiger partial charge on any atom is 0.274 e. The summed E-state index contributed by atoms with van der Waals surface area (Å²) in [4.78, 5) is 15.3. The van der Waals surface area contributed by atoms with Crippen LogP contribution in [0.5, 0.6) is 0 Å². The maximum absolute atomic E-state index is 13.3. The second kappa shape index (κ2) is 7.83. The van der Waals surface area contributed by atoms with Crippen LogP contribution in [0.3, 0.4) is 0 Å². The van der Waals surface area contributed by atoms with Crippen molar-refractivity contribution in [2.45, 2.75) is 58.3 Å². The molecule has 0 radical (unpaired) electrons. The first-order valence-corrected chi connectivity index (χ1v) is 10.3. The van der Waals surface area contributed by atoms with E-state index in [1.54, 1.807) is 12.1 Å². The molecule has 1 aliphatic carbocycles. The lowest BCUT2D eigenvalue weighted by molar-refractivity contribution is 0.0752. The van der Waals surface area contributed by atoms with Gasteiger partial charge in [0, 0.05) is 24.3 Å². The van der Waals surface area contributed by atoms with Crippen LogP contribution < -0.4 is 0 Å². The number of fused-ring (bicyclic) bond motifs is 1. The Bertz CT molecular complexity index is 812. The molecule has 0 N–H and O–H groups in total. The van der Waals surface area contributed by atoms with Gasteiger partial charge in [-0.05, 0) is 68.7 Å². The highest BCUT2D eigenvalue weighted by atomic mass is 19.1. The molecule has 0 bridgehead atoms. The second-order valence-corrected chi connectivity index (χ2v) is 7.89. The van der Waals surface area contributed by atoms with Crippen molar-refractivity contribution in [1.29, 1.82) is 0 Å². The SMILES string of the molecule is CCCC1CCCN(C(=O)c2nn(-c3ccc(F)cc3)c3c2CCC3)CC1. The van der Waals surface area contributed by atoms with Gasteiger partial charge in [-0.1, -0.05) is 19.8 Å². The van der Waals surface area contributed by atoms with Crippen LogP contribution in [0.15, 0.2) is 24.3 Å². The van der Waals surface area contributed by atoms with Crippen molar-refractivity contribution >= 4 is 5.91 Å². The van der Waals surface area contributed by atoms with E-state index in [1.165, 1.54) is 31.4 Å². The van der Waals surface area contributed by atoms with Crippen LogP contribution in [0.4, 0.5) is 4.39 Å². The molecule has 1 aromatic heterocycles. The molecule has 1 saturated heterocycles. The molecule has 4 nitrogen and oxygen atoms in total. The van der Waals surface area contributed by atoms with Crippen LogP contribution in [0.1, 0.15) is 67.2 Å². The molecule has 1 aromatic carbocycles. The van der Waals surface area contributed by atoms with Gasteiger partial charge in [0.05, 0.1) is 5.69 Å². The molecule has 0 spiro atoms. The fraction of sp³-hybridized carbons (Fsp3) is 0.545. The molecular formula is C22H28FN3O. The van der Waals surface area contributed by atoms with E-state index in [4.69, 9.17) is 5.10 Å². The molecule has 2 heterocycles. The summed E-state index contributed by atoms with van der Waals surface area (Å²) in [6.07, 6.45) is 8.75. The zero-order valence-electron chi connectivity index (χ0n) is 16.1. The van der Waals surface area contributed by atoms with Crippen molar-refractivity contribution in [3.63, 3.8) is 0 Å². The molecule has 1 unspecified atom stereocenters. The van der Waals surface area contributed by atoms with Gasteiger partial charge in [0.15, 0.2) is 5.69 Å². The molecule has 5 heteroatoms. The third-order valence-electron chi connectivity index (χ3n) is 6.04. The number of hydrogen-bond acceptors (Lipinski definition) is 2. The van der Waals surface area contributed by atoms with Crippen LogP contribution in [-0.4, -0.2) is 33.7 Å². The van der Waals surface area contributed by atoms with Gasteiger partial charge >= 0.3 is 0 Å². The van der Waals surface area contributed by atoms with E-state index < -0.39 is 0 Å². The average molecular weight is 369 g/mol. The monoisotopic (exact) mass is 369 g/mol. The van der Waals surface area contributed by atoms with E-state index in [0.29, 0.717) is 5.69 Å². The van der Waals surface area contributed by atoms with E-state index in [9.17, 15) is 9.18 Å². The summed E-state index contributed by atoms with van der Waals surface area (Å²) in [5.74, 6) is 0.562. The average Bonchev–Trinajstić information content (AvgIpc) is 3.19. The van der Waals surface area contributed by atoms with Crippen molar-refractivity contribution in [1.82, 2.24) is 14.7 Å². The summed E-state index contributed by atoms with van der Waals surface area (Å²) in [7, 11) is 0. The van der Waals surface area contributed by atoms with Gasteiger partial charge in [-0.15, -0.1) is 0 Å². The molecule has 0 saturated carbocycles. The first kappa shape index (κ1) is 18.2. The molecule has 2 aliphatic rings. The minimum atomic E-state index is -0.259. The Balaban J connectivity index is 1.59. The number of halogens is 1. The van der Waals surface area contributed by atoms with Crippen molar-refractivity contribution in [2.24, 2.45) is 5.92 Å². The number of carbonyl (C=O) groups excluding carboxylic acids is 1. The fourth-order valence-corrected chi connectivity index (χ4v) is 4.62. The molecular weight excluding hydrogens is 341 g/mol. The maximum atomic E-state index is 13.3. The molecule has 1 aliphatic heterocycles. The molecule has 27 heavy (non-hydrogen) atoms. The predicted octanol–water partition coefficient (Wildman–Crippen LogP) is 4.54. The summed E-state index contributed by atoms with van der Waals surface area (Å²) in [5, 5.41) is 4.70. The van der Waals surface area contributed by atoms with E-state index in [1.807, 2.05) is 9.58 Å². The topological polar surface area (TPSA) is 38.1 Å². The standard InChI is InChI=1S/C22H28FN3O/c1-2-5-16-6-4-14-25(15-13-16)22(27)21-19-7-3-8-20(19)26(24-21)18-11-9-17(23)10-12-18/h9-12,16H,2-8,13-15H2,1H3. The number of aromatic nitrogens is 2. The third-order valence-corrected chi connectivity index (χ3v) is 6.04. The van der Waals surface area contributed by atoms with Crippen molar-refractivity contribution < 1.29 is 9.18 Å². The number of likely N-dealkylation sites (tertiary alicyclic amines) is 1. The quantitative estimate of drug-likeness (QED) is 0.793. The Hall–Kier alpha value is -2.17. The zero-order chi connectivity index (χ0) is 18.8. The summed E-state index contributed by atoms with van der Waals surface area (Å²) in [5.41, 5.74) is 3.65. The number of nitrogens with zero attached hydrogens (tertiary/aromatic N) is 3. The minimum absolute atomic E-state index is 0.0751. The van der Waals surface area contributed by atoms with Crippen LogP contribution in [0.25, 0.3) is 5.69 Å². The van der Waals surface area contributed by atoms with Crippen LogP contribution >= 0.6 is 0 Å². The van der Waals surface area contributed by atoms with E-state index in [0.717, 1.165) is 68.1 Å². The lowest BCUT2D eigenvalue weighted by atomic mass is 9.96. The highest BCUT2D eigenvalue weighted by Crippen LogP contribution is 2.30. The van der Waals surface area contributed by atoms with E-state index >= 15 is 0 Å². The summed E-state index contributed by atoms with van der Waals surface area (Å²) in [6.45, 7) is 3.90. The fourth-order valence-electron chi connectivity index (χ4n) is 4.62. The van der Waals surface area contributed by atoms with Gasteiger partial charge in [-0.2, -0.15) is 5.10 Å². The number of carbonyl (C=O) groups is 1.